The van der Waals surface area contributed by atoms with Gasteiger partial charge in [0.25, 0.3) is 0 Å². The molecule has 0 atom stereocenters. The molecule has 1 heteroatoms. The number of nitrogens with two attached hydrogens (primary N) is 1. The van der Waals surface area contributed by atoms with Crippen molar-refractivity contribution < 1.29 is 0 Å². The van der Waals surface area contributed by atoms with E-state index in [-0.39, 0.29) is 0 Å². The molecule has 0 aliphatic rings. The lowest BCUT2D eigenvalue weighted by Gasteiger charge is -2.12. The van der Waals surface area contributed by atoms with Gasteiger partial charge in [-0.2, -0.15) is 0 Å². The summed E-state index contributed by atoms with van der Waals surface area (Å²) in [5.74, 6) is 0. The zero-order valence-corrected chi connectivity index (χ0v) is 12.7. The van der Waals surface area contributed by atoms with Crippen LogP contribution in [0.3, 0.4) is 0 Å². The van der Waals surface area contributed by atoms with Crippen LogP contribution < -0.4 is 5.73 Å². The van der Waals surface area contributed by atoms with Crippen LogP contribution in [-0.4, -0.2) is 0 Å². The molecule has 0 spiro atoms. The first kappa shape index (κ1) is 13.6. The summed E-state index contributed by atoms with van der Waals surface area (Å²) in [5.41, 5.74) is 9.67. The Morgan fingerprint density at radius 2 is 1.00 bits per heavy atom. The molecule has 23 heavy (non-hydrogen) atoms. The van der Waals surface area contributed by atoms with Crippen molar-refractivity contribution in [2.75, 3.05) is 5.73 Å². The monoisotopic (exact) mass is 295 g/mol. The van der Waals surface area contributed by atoms with Crippen LogP contribution in [0.5, 0.6) is 0 Å². The minimum atomic E-state index is 0.855. The maximum atomic E-state index is 6.41. The second-order valence-electron chi connectivity index (χ2n) is 5.66. The van der Waals surface area contributed by atoms with Crippen molar-refractivity contribution in [3.8, 4) is 0 Å². The Labute approximate surface area is 135 Å². The maximum absolute atomic E-state index is 6.41. The van der Waals surface area contributed by atoms with Gasteiger partial charge in [0.1, 0.15) is 0 Å². The molecule has 0 bridgehead atoms. The van der Waals surface area contributed by atoms with Gasteiger partial charge in [0, 0.05) is 16.5 Å². The van der Waals surface area contributed by atoms with E-state index in [1.807, 2.05) is 18.2 Å². The Balaban J connectivity index is 2.03. The average Bonchev–Trinajstić information content (AvgIpc) is 2.63. The second-order valence-corrected chi connectivity index (χ2v) is 5.66. The first-order chi connectivity index (χ1) is 11.3. The van der Waals surface area contributed by atoms with Crippen molar-refractivity contribution in [1.29, 1.82) is 0 Å². The minimum absolute atomic E-state index is 0.855. The number of hydrogen-bond donors (Lipinski definition) is 1. The Kier molecular flexibility index (Phi) is 3.32. The van der Waals surface area contributed by atoms with E-state index in [4.69, 9.17) is 5.73 Å². The fourth-order valence-corrected chi connectivity index (χ4v) is 3.12. The van der Waals surface area contributed by atoms with Crippen molar-refractivity contribution in [3.05, 3.63) is 90.0 Å². The van der Waals surface area contributed by atoms with Gasteiger partial charge in [0.05, 0.1) is 0 Å². The van der Waals surface area contributed by atoms with E-state index in [1.54, 1.807) is 0 Å². The van der Waals surface area contributed by atoms with Crippen molar-refractivity contribution in [2.24, 2.45) is 0 Å². The van der Waals surface area contributed by atoms with E-state index in [9.17, 15) is 0 Å². The standard InChI is InChI=1S/C22H17N/c23-22-20-12-6-4-10-17(20)19(18-11-5-7-13-21(18)22)15-14-16-8-2-1-3-9-16/h1-15H,23H2/b15-14+. The smallest absolute Gasteiger partial charge is 0.0473 e. The molecule has 0 radical (unpaired) electrons. The first-order valence-corrected chi connectivity index (χ1v) is 7.76. The van der Waals surface area contributed by atoms with Crippen LogP contribution in [0.25, 0.3) is 33.7 Å². The molecule has 4 aromatic carbocycles. The largest absolute Gasteiger partial charge is 0.398 e. The van der Waals surface area contributed by atoms with Gasteiger partial charge in [-0.15, -0.1) is 0 Å². The molecule has 0 saturated heterocycles. The molecule has 0 amide bonds. The zero-order valence-electron chi connectivity index (χ0n) is 12.7. The molecule has 4 rings (SSSR count). The van der Waals surface area contributed by atoms with E-state index >= 15 is 0 Å². The van der Waals surface area contributed by atoms with Crippen molar-refractivity contribution in [2.45, 2.75) is 0 Å². The molecule has 0 heterocycles. The van der Waals surface area contributed by atoms with Gasteiger partial charge in [-0.1, -0.05) is 91.0 Å². The van der Waals surface area contributed by atoms with Crippen molar-refractivity contribution in [3.63, 3.8) is 0 Å². The van der Waals surface area contributed by atoms with Crippen molar-refractivity contribution >= 4 is 39.4 Å². The number of rotatable bonds is 2. The highest BCUT2D eigenvalue weighted by atomic mass is 14.6. The third-order valence-electron chi connectivity index (χ3n) is 4.26. The summed E-state index contributed by atoms with van der Waals surface area (Å²) in [5, 5.41) is 4.60. The molecular formula is C22H17N. The summed E-state index contributed by atoms with van der Waals surface area (Å²) in [6.07, 6.45) is 4.35. The summed E-state index contributed by atoms with van der Waals surface area (Å²) < 4.78 is 0. The molecule has 0 aromatic heterocycles. The van der Waals surface area contributed by atoms with E-state index in [2.05, 4.69) is 72.8 Å². The number of anilines is 1. The minimum Gasteiger partial charge on any atom is -0.398 e. The second kappa shape index (κ2) is 5.62. The molecule has 110 valence electrons. The van der Waals surface area contributed by atoms with E-state index in [0.29, 0.717) is 0 Å². The fraction of sp³-hybridized carbons (Fsp3) is 0. The number of nitrogen functional groups attached to an aromatic ring is 1. The summed E-state index contributed by atoms with van der Waals surface area (Å²) in [6, 6.07) is 27.0. The first-order valence-electron chi connectivity index (χ1n) is 7.76. The lowest BCUT2D eigenvalue weighted by molar-refractivity contribution is 1.66. The molecule has 2 N–H and O–H groups in total. The van der Waals surface area contributed by atoms with Crippen molar-refractivity contribution in [1.82, 2.24) is 0 Å². The van der Waals surface area contributed by atoms with Gasteiger partial charge in [-0.25, -0.2) is 0 Å². The molecular weight excluding hydrogens is 278 g/mol. The van der Waals surface area contributed by atoms with Gasteiger partial charge < -0.3 is 5.73 Å². The number of hydrogen-bond acceptors (Lipinski definition) is 1. The summed E-state index contributed by atoms with van der Waals surface area (Å²) in [7, 11) is 0. The summed E-state index contributed by atoms with van der Waals surface area (Å²) in [4.78, 5) is 0. The predicted molar refractivity (Wildman–Crippen MR) is 101 cm³/mol. The fourth-order valence-electron chi connectivity index (χ4n) is 3.12. The predicted octanol–water partition coefficient (Wildman–Crippen LogP) is 5.75. The Bertz CT molecular complexity index is 957. The van der Waals surface area contributed by atoms with E-state index in [0.717, 1.165) is 16.5 Å². The van der Waals surface area contributed by atoms with Gasteiger partial charge >= 0.3 is 0 Å². The van der Waals surface area contributed by atoms with Crippen LogP contribution in [0.15, 0.2) is 78.9 Å². The van der Waals surface area contributed by atoms with Crippen LogP contribution in [0, 0.1) is 0 Å². The maximum Gasteiger partial charge on any atom is 0.0473 e. The van der Waals surface area contributed by atoms with Crippen LogP contribution in [0.1, 0.15) is 11.1 Å². The summed E-state index contributed by atoms with van der Waals surface area (Å²) in [6.45, 7) is 0. The van der Waals surface area contributed by atoms with Gasteiger partial charge in [-0.3, -0.25) is 0 Å². The highest BCUT2D eigenvalue weighted by Crippen LogP contribution is 2.35. The SMILES string of the molecule is Nc1c2ccccc2c(/C=C/c2ccccc2)c2ccccc12. The number of fused-ring (bicyclic) bond motifs is 2. The molecule has 0 saturated carbocycles. The van der Waals surface area contributed by atoms with Gasteiger partial charge in [0.2, 0.25) is 0 Å². The molecule has 0 aliphatic heterocycles. The zero-order chi connectivity index (χ0) is 15.6. The van der Waals surface area contributed by atoms with Gasteiger partial charge in [-0.05, 0) is 21.9 Å². The Hall–Kier alpha value is -3.06. The van der Waals surface area contributed by atoms with Crippen LogP contribution in [0.4, 0.5) is 5.69 Å². The van der Waals surface area contributed by atoms with Gasteiger partial charge in [0.15, 0.2) is 0 Å². The highest BCUT2D eigenvalue weighted by Gasteiger charge is 2.09. The molecule has 0 fully saturated rings. The lowest BCUT2D eigenvalue weighted by Crippen LogP contribution is -1.92. The van der Waals surface area contributed by atoms with E-state index < -0.39 is 0 Å². The molecule has 0 aliphatic carbocycles. The normalized spacial score (nSPS) is 11.5. The molecule has 4 aromatic rings. The third kappa shape index (κ3) is 2.36. The average molecular weight is 295 g/mol. The van der Waals surface area contributed by atoms with Crippen LogP contribution in [-0.2, 0) is 0 Å². The van der Waals surface area contributed by atoms with Crippen LogP contribution >= 0.6 is 0 Å². The Morgan fingerprint density at radius 3 is 1.57 bits per heavy atom. The Morgan fingerprint density at radius 1 is 0.522 bits per heavy atom. The van der Waals surface area contributed by atoms with E-state index in [1.165, 1.54) is 21.9 Å². The molecule has 1 nitrogen and oxygen atoms in total. The third-order valence-corrected chi connectivity index (χ3v) is 4.26. The highest BCUT2D eigenvalue weighted by molar-refractivity contribution is 6.16. The lowest BCUT2D eigenvalue weighted by atomic mass is 9.94. The topological polar surface area (TPSA) is 26.0 Å². The quantitative estimate of drug-likeness (QED) is 0.284. The molecule has 0 unspecified atom stereocenters. The van der Waals surface area contributed by atoms with Crippen LogP contribution in [0.2, 0.25) is 0 Å². The summed E-state index contributed by atoms with van der Waals surface area (Å²) >= 11 is 0. The number of benzene rings is 4.